The van der Waals surface area contributed by atoms with E-state index in [2.05, 4.69) is 72.1 Å². The van der Waals surface area contributed by atoms with Crippen LogP contribution in [0.5, 0.6) is 0 Å². The van der Waals surface area contributed by atoms with E-state index in [1.807, 2.05) is 18.5 Å². The predicted molar refractivity (Wildman–Crippen MR) is 145 cm³/mol. The molecule has 0 saturated carbocycles. The summed E-state index contributed by atoms with van der Waals surface area (Å²) in [6.07, 6.45) is 3.61. The van der Waals surface area contributed by atoms with Crippen LogP contribution in [-0.4, -0.2) is 103 Å². The van der Waals surface area contributed by atoms with Crippen LogP contribution in [0, 0.1) is 0 Å². The van der Waals surface area contributed by atoms with Crippen LogP contribution in [0.4, 0.5) is 5.95 Å². The quantitative estimate of drug-likeness (QED) is 0.314. The van der Waals surface area contributed by atoms with Gasteiger partial charge in [0.05, 0.1) is 6.54 Å². The molecule has 2 saturated heterocycles. The minimum absolute atomic E-state index is 0. The molecule has 0 spiro atoms. The van der Waals surface area contributed by atoms with Crippen molar-refractivity contribution in [2.24, 2.45) is 4.99 Å². The zero-order valence-electron chi connectivity index (χ0n) is 19.6. The number of nitrogens with one attached hydrogen (secondary N) is 1. The number of nitrogens with zero attached hydrogens (tertiary/aromatic N) is 7. The number of piperazine rings is 2. The van der Waals surface area contributed by atoms with Crippen LogP contribution >= 0.6 is 24.0 Å². The van der Waals surface area contributed by atoms with Crippen molar-refractivity contribution in [3.8, 4) is 0 Å². The standard InChI is InChI=1S/C24H36N8.HI/c1-2-25-23(31-17-19-32(20-18-31)24-26-9-6-10-27-24)28-11-12-29-13-15-30(16-14-29)21-22-7-4-3-5-8-22;/h3-10H,2,11-21H2,1H3,(H,25,28);1H. The summed E-state index contributed by atoms with van der Waals surface area (Å²) in [5.74, 6) is 1.85. The molecular formula is C24H37IN8. The molecule has 1 aromatic heterocycles. The molecule has 0 atom stereocenters. The summed E-state index contributed by atoms with van der Waals surface area (Å²) < 4.78 is 0. The maximum atomic E-state index is 4.94. The monoisotopic (exact) mass is 564 g/mol. The lowest BCUT2D eigenvalue weighted by atomic mass is 10.2. The minimum atomic E-state index is 0. The van der Waals surface area contributed by atoms with E-state index < -0.39 is 0 Å². The third kappa shape index (κ3) is 7.79. The Balaban J connectivity index is 0.00000306. The molecule has 2 aliphatic rings. The van der Waals surface area contributed by atoms with Gasteiger partial charge in [-0.25, -0.2) is 9.97 Å². The molecule has 2 aliphatic heterocycles. The normalized spacial score (nSPS) is 18.2. The highest BCUT2D eigenvalue weighted by molar-refractivity contribution is 14.0. The summed E-state index contributed by atoms with van der Waals surface area (Å²) in [6.45, 7) is 14.1. The van der Waals surface area contributed by atoms with Gasteiger partial charge in [0.2, 0.25) is 5.95 Å². The molecule has 1 N–H and O–H groups in total. The van der Waals surface area contributed by atoms with Crippen molar-refractivity contribution < 1.29 is 0 Å². The lowest BCUT2D eigenvalue weighted by Crippen LogP contribution is -2.53. The van der Waals surface area contributed by atoms with Gasteiger partial charge in [-0.2, -0.15) is 0 Å². The summed E-state index contributed by atoms with van der Waals surface area (Å²) >= 11 is 0. The molecule has 9 heteroatoms. The Morgan fingerprint density at radius 2 is 1.55 bits per heavy atom. The Kier molecular flexibility index (Phi) is 10.6. The van der Waals surface area contributed by atoms with Gasteiger partial charge in [-0.05, 0) is 18.6 Å². The number of anilines is 1. The number of aliphatic imine (C=N–C) groups is 1. The Bertz CT molecular complexity index is 819. The largest absolute Gasteiger partial charge is 0.357 e. The highest BCUT2D eigenvalue weighted by Gasteiger charge is 2.21. The van der Waals surface area contributed by atoms with Crippen LogP contribution in [0.2, 0.25) is 0 Å². The lowest BCUT2D eigenvalue weighted by molar-refractivity contribution is 0.130. The highest BCUT2D eigenvalue weighted by Crippen LogP contribution is 2.10. The Labute approximate surface area is 215 Å². The average Bonchev–Trinajstić information content (AvgIpc) is 2.86. The first-order valence-electron chi connectivity index (χ1n) is 11.9. The van der Waals surface area contributed by atoms with E-state index in [1.165, 1.54) is 5.56 Å². The summed E-state index contributed by atoms with van der Waals surface area (Å²) in [5.41, 5.74) is 1.40. The fourth-order valence-corrected chi connectivity index (χ4v) is 4.31. The van der Waals surface area contributed by atoms with Gasteiger partial charge >= 0.3 is 0 Å². The molecule has 2 fully saturated rings. The van der Waals surface area contributed by atoms with E-state index in [9.17, 15) is 0 Å². The molecule has 0 amide bonds. The maximum absolute atomic E-state index is 4.94. The molecule has 3 heterocycles. The van der Waals surface area contributed by atoms with Crippen LogP contribution in [0.15, 0.2) is 53.8 Å². The van der Waals surface area contributed by atoms with Crippen molar-refractivity contribution in [1.82, 2.24) is 30.0 Å². The number of halogens is 1. The van der Waals surface area contributed by atoms with E-state index in [0.717, 1.165) is 90.4 Å². The van der Waals surface area contributed by atoms with Crippen LogP contribution in [0.3, 0.4) is 0 Å². The average molecular weight is 565 g/mol. The first-order chi connectivity index (χ1) is 15.8. The summed E-state index contributed by atoms with van der Waals surface area (Å²) in [4.78, 5) is 23.4. The molecule has 8 nitrogen and oxygen atoms in total. The molecule has 2 aromatic rings. The molecule has 0 radical (unpaired) electrons. The fourth-order valence-electron chi connectivity index (χ4n) is 4.31. The van der Waals surface area contributed by atoms with Crippen molar-refractivity contribution in [2.45, 2.75) is 13.5 Å². The molecule has 4 rings (SSSR count). The van der Waals surface area contributed by atoms with E-state index in [0.29, 0.717) is 0 Å². The van der Waals surface area contributed by atoms with Crippen molar-refractivity contribution in [2.75, 3.05) is 76.9 Å². The Hall–Kier alpha value is -1.98. The first kappa shape index (κ1) is 25.6. The van der Waals surface area contributed by atoms with Crippen molar-refractivity contribution in [3.05, 3.63) is 54.4 Å². The van der Waals surface area contributed by atoms with E-state index in [4.69, 9.17) is 4.99 Å². The molecule has 180 valence electrons. The second-order valence-electron chi connectivity index (χ2n) is 8.36. The van der Waals surface area contributed by atoms with E-state index in [1.54, 1.807) is 0 Å². The molecule has 33 heavy (non-hydrogen) atoms. The predicted octanol–water partition coefficient (Wildman–Crippen LogP) is 2.00. The summed E-state index contributed by atoms with van der Waals surface area (Å²) in [6, 6.07) is 12.6. The zero-order valence-corrected chi connectivity index (χ0v) is 22.0. The van der Waals surface area contributed by atoms with Crippen molar-refractivity contribution in [1.29, 1.82) is 0 Å². The first-order valence-corrected chi connectivity index (χ1v) is 11.9. The van der Waals surface area contributed by atoms with Gasteiger partial charge in [0.1, 0.15) is 0 Å². The van der Waals surface area contributed by atoms with E-state index >= 15 is 0 Å². The van der Waals surface area contributed by atoms with Crippen molar-refractivity contribution >= 4 is 35.9 Å². The molecule has 0 unspecified atom stereocenters. The second-order valence-corrected chi connectivity index (χ2v) is 8.36. The SMILES string of the molecule is CCNC(=NCCN1CCN(Cc2ccccc2)CC1)N1CCN(c2ncccn2)CC1.I. The third-order valence-corrected chi connectivity index (χ3v) is 6.14. The van der Waals surface area contributed by atoms with Gasteiger partial charge in [-0.1, -0.05) is 30.3 Å². The van der Waals surface area contributed by atoms with Gasteiger partial charge in [0.15, 0.2) is 5.96 Å². The van der Waals surface area contributed by atoms with Crippen LogP contribution in [0.1, 0.15) is 12.5 Å². The van der Waals surface area contributed by atoms with Gasteiger partial charge in [-0.15, -0.1) is 24.0 Å². The number of benzene rings is 1. The lowest BCUT2D eigenvalue weighted by Gasteiger charge is -2.37. The van der Waals surface area contributed by atoms with Gasteiger partial charge in [-0.3, -0.25) is 14.8 Å². The van der Waals surface area contributed by atoms with E-state index in [-0.39, 0.29) is 24.0 Å². The maximum Gasteiger partial charge on any atom is 0.225 e. The van der Waals surface area contributed by atoms with Gasteiger partial charge in [0.25, 0.3) is 0 Å². The fraction of sp³-hybridized carbons (Fsp3) is 0.542. The molecule has 0 aliphatic carbocycles. The van der Waals surface area contributed by atoms with Gasteiger partial charge < -0.3 is 15.1 Å². The zero-order chi connectivity index (χ0) is 22.0. The minimum Gasteiger partial charge on any atom is -0.357 e. The second kappa shape index (κ2) is 13.7. The number of aromatic nitrogens is 2. The topological polar surface area (TPSA) is 63.1 Å². The van der Waals surface area contributed by atoms with Crippen molar-refractivity contribution in [3.63, 3.8) is 0 Å². The van der Waals surface area contributed by atoms with Crippen LogP contribution in [-0.2, 0) is 6.54 Å². The smallest absolute Gasteiger partial charge is 0.225 e. The Morgan fingerprint density at radius 3 is 2.21 bits per heavy atom. The number of guanidine groups is 1. The number of rotatable bonds is 7. The summed E-state index contributed by atoms with van der Waals surface area (Å²) in [5, 5.41) is 3.48. The van der Waals surface area contributed by atoms with Gasteiger partial charge in [0, 0.05) is 84.4 Å². The highest BCUT2D eigenvalue weighted by atomic mass is 127. The Morgan fingerprint density at radius 1 is 0.879 bits per heavy atom. The summed E-state index contributed by atoms with van der Waals surface area (Å²) in [7, 11) is 0. The van der Waals surface area contributed by atoms with Crippen LogP contribution < -0.4 is 10.2 Å². The van der Waals surface area contributed by atoms with Crippen LogP contribution in [0.25, 0.3) is 0 Å². The molecule has 1 aromatic carbocycles. The molecule has 0 bridgehead atoms. The number of hydrogen-bond acceptors (Lipinski definition) is 6. The molecular weight excluding hydrogens is 527 g/mol. The third-order valence-electron chi connectivity index (χ3n) is 6.14. The number of hydrogen-bond donors (Lipinski definition) is 1.